The second-order valence-corrected chi connectivity index (χ2v) is 10.8. The van der Waals surface area contributed by atoms with Gasteiger partial charge in [-0.2, -0.15) is 4.31 Å². The van der Waals surface area contributed by atoms with Crippen LogP contribution >= 0.6 is 0 Å². The van der Waals surface area contributed by atoms with Gasteiger partial charge in [0.2, 0.25) is 10.0 Å². The Labute approximate surface area is 199 Å². The molecule has 4 N–H and O–H groups in total. The van der Waals surface area contributed by atoms with Gasteiger partial charge in [0.05, 0.1) is 4.90 Å². The van der Waals surface area contributed by atoms with Crippen LogP contribution in [0.5, 0.6) is 0 Å². The van der Waals surface area contributed by atoms with Gasteiger partial charge >= 0.3 is 6.03 Å². The summed E-state index contributed by atoms with van der Waals surface area (Å²) >= 11 is 0. The van der Waals surface area contributed by atoms with Crippen molar-refractivity contribution < 1.29 is 18.3 Å². The van der Waals surface area contributed by atoms with Gasteiger partial charge in [-0.05, 0) is 43.0 Å². The van der Waals surface area contributed by atoms with Crippen molar-refractivity contribution in [2.45, 2.75) is 17.7 Å². The Balaban J connectivity index is 1.43. The lowest BCUT2D eigenvalue weighted by molar-refractivity contribution is 0.128. The zero-order valence-electron chi connectivity index (χ0n) is 18.9. The molecule has 3 heterocycles. The van der Waals surface area contributed by atoms with Crippen molar-refractivity contribution >= 4 is 27.6 Å². The van der Waals surface area contributed by atoms with Crippen LogP contribution in [0.3, 0.4) is 0 Å². The topological polar surface area (TPSA) is 144 Å². The van der Waals surface area contributed by atoms with Crippen molar-refractivity contribution in [3.05, 3.63) is 54.4 Å². The number of sulfonamides is 1. The standard InChI is InChI=1S/C23H30N6O4S/c24-22(25)19-2-1-3-20(12-19)29-15-18(16-30)14-27(23(29)31)13-17-6-10-28(11-7-17)34(32,33)21-4-8-26-9-5-21/h1-5,8-9,12,17-18,30H,6-7,10-11,13-16H2,(H3,24,25). The average Bonchev–Trinajstić information content (AvgIpc) is 2.86. The Morgan fingerprint density at radius 3 is 2.47 bits per heavy atom. The number of hydrogen-bond acceptors (Lipinski definition) is 6. The highest BCUT2D eigenvalue weighted by Crippen LogP contribution is 2.28. The lowest BCUT2D eigenvalue weighted by Gasteiger charge is -2.42. The molecule has 0 saturated carbocycles. The van der Waals surface area contributed by atoms with Gasteiger partial charge < -0.3 is 15.7 Å². The number of benzene rings is 1. The molecule has 182 valence electrons. The summed E-state index contributed by atoms with van der Waals surface area (Å²) in [6.07, 6.45) is 4.24. The number of nitrogens with zero attached hydrogens (tertiary/aromatic N) is 4. The SMILES string of the molecule is N=C(N)c1cccc(N2CC(CO)CN(CC3CCN(S(=O)(=O)c4ccncc4)CC3)C2=O)c1. The molecule has 2 fully saturated rings. The predicted molar refractivity (Wildman–Crippen MR) is 128 cm³/mol. The zero-order chi connectivity index (χ0) is 24.3. The fraction of sp³-hybridized carbons (Fsp3) is 0.435. The Hall–Kier alpha value is -3.02. The van der Waals surface area contributed by atoms with Gasteiger partial charge in [-0.15, -0.1) is 0 Å². The molecule has 2 amide bonds. The van der Waals surface area contributed by atoms with Crippen LogP contribution < -0.4 is 10.6 Å². The van der Waals surface area contributed by atoms with Gasteiger partial charge in [-0.3, -0.25) is 15.3 Å². The van der Waals surface area contributed by atoms with E-state index in [1.807, 2.05) is 0 Å². The zero-order valence-corrected chi connectivity index (χ0v) is 19.7. The van der Waals surface area contributed by atoms with Crippen molar-refractivity contribution in [3.8, 4) is 0 Å². The summed E-state index contributed by atoms with van der Waals surface area (Å²) < 4.78 is 27.2. The minimum Gasteiger partial charge on any atom is -0.396 e. The van der Waals surface area contributed by atoms with Crippen LogP contribution in [0, 0.1) is 17.2 Å². The second kappa shape index (κ2) is 10.1. The number of rotatable bonds is 7. The maximum atomic E-state index is 13.3. The number of hydrogen-bond donors (Lipinski definition) is 3. The van der Waals surface area contributed by atoms with Crippen LogP contribution in [0.1, 0.15) is 18.4 Å². The number of anilines is 1. The first kappa shape index (κ1) is 24.1. The fourth-order valence-electron chi connectivity index (χ4n) is 4.58. The van der Waals surface area contributed by atoms with E-state index in [0.29, 0.717) is 56.8 Å². The quantitative estimate of drug-likeness (QED) is 0.398. The number of urea groups is 1. The maximum Gasteiger partial charge on any atom is 0.324 e. The van der Waals surface area contributed by atoms with E-state index in [1.54, 1.807) is 34.1 Å². The highest BCUT2D eigenvalue weighted by molar-refractivity contribution is 7.89. The number of pyridine rings is 1. The molecule has 2 saturated heterocycles. The van der Waals surface area contributed by atoms with Gasteiger partial charge in [0.15, 0.2) is 0 Å². The molecule has 0 spiro atoms. The lowest BCUT2D eigenvalue weighted by atomic mass is 9.96. The number of carbonyl (C=O) groups excluding carboxylic acids is 1. The largest absolute Gasteiger partial charge is 0.396 e. The number of amidine groups is 1. The molecule has 1 unspecified atom stereocenters. The second-order valence-electron chi connectivity index (χ2n) is 8.84. The molecular weight excluding hydrogens is 456 g/mol. The van der Waals surface area contributed by atoms with E-state index in [2.05, 4.69) is 4.98 Å². The minimum atomic E-state index is -3.55. The molecule has 11 heteroatoms. The van der Waals surface area contributed by atoms with Crippen LogP contribution in [-0.2, 0) is 10.0 Å². The third-order valence-corrected chi connectivity index (χ3v) is 8.40. The number of nitrogen functional groups attached to an aromatic ring is 1. The van der Waals surface area contributed by atoms with Crippen molar-refractivity contribution in [3.63, 3.8) is 0 Å². The normalized spacial score (nSPS) is 20.5. The number of piperidine rings is 1. The third-order valence-electron chi connectivity index (χ3n) is 6.49. The van der Waals surface area contributed by atoms with E-state index in [1.165, 1.54) is 28.8 Å². The van der Waals surface area contributed by atoms with Crippen LogP contribution in [-0.4, -0.2) is 78.9 Å². The van der Waals surface area contributed by atoms with Crippen molar-refractivity contribution in [2.24, 2.45) is 17.6 Å². The average molecular weight is 487 g/mol. The van der Waals surface area contributed by atoms with E-state index in [-0.39, 0.29) is 35.2 Å². The smallest absolute Gasteiger partial charge is 0.324 e. The van der Waals surface area contributed by atoms with Gasteiger partial charge in [-0.1, -0.05) is 12.1 Å². The minimum absolute atomic E-state index is 0.0463. The maximum absolute atomic E-state index is 13.3. The predicted octanol–water partition coefficient (Wildman–Crippen LogP) is 1.32. The van der Waals surface area contributed by atoms with Crippen molar-refractivity contribution in [2.75, 3.05) is 44.2 Å². The molecule has 4 rings (SSSR count). The summed E-state index contributed by atoms with van der Waals surface area (Å²) in [7, 11) is -3.55. The van der Waals surface area contributed by atoms with E-state index in [4.69, 9.17) is 11.1 Å². The van der Waals surface area contributed by atoms with Crippen LogP contribution in [0.15, 0.2) is 53.7 Å². The molecular formula is C23H30N6O4S. The fourth-order valence-corrected chi connectivity index (χ4v) is 6.04. The summed E-state index contributed by atoms with van der Waals surface area (Å²) in [5, 5.41) is 17.5. The molecule has 1 atom stereocenters. The number of aliphatic hydroxyl groups is 1. The molecule has 0 radical (unpaired) electrons. The Kier molecular flexibility index (Phi) is 7.15. The molecule has 34 heavy (non-hydrogen) atoms. The van der Waals surface area contributed by atoms with E-state index >= 15 is 0 Å². The van der Waals surface area contributed by atoms with Gasteiger partial charge in [0.25, 0.3) is 0 Å². The monoisotopic (exact) mass is 486 g/mol. The Bertz CT molecular complexity index is 1140. The van der Waals surface area contributed by atoms with E-state index in [0.717, 1.165) is 0 Å². The van der Waals surface area contributed by atoms with E-state index in [9.17, 15) is 18.3 Å². The first-order valence-electron chi connectivity index (χ1n) is 11.3. The molecule has 1 aromatic heterocycles. The highest BCUT2D eigenvalue weighted by Gasteiger charge is 2.36. The molecule has 1 aromatic carbocycles. The van der Waals surface area contributed by atoms with Crippen molar-refractivity contribution in [1.29, 1.82) is 5.41 Å². The first-order valence-corrected chi connectivity index (χ1v) is 12.8. The van der Waals surface area contributed by atoms with Gasteiger partial charge in [0, 0.05) is 68.9 Å². The van der Waals surface area contributed by atoms with Gasteiger partial charge in [0.1, 0.15) is 5.84 Å². The first-order chi connectivity index (χ1) is 16.3. The number of aromatic nitrogens is 1. The number of nitrogens with one attached hydrogen (secondary N) is 1. The molecule has 2 aliphatic rings. The third kappa shape index (κ3) is 5.06. The number of aliphatic hydroxyl groups excluding tert-OH is 1. The summed E-state index contributed by atoms with van der Waals surface area (Å²) in [6.45, 7) is 2.08. The van der Waals surface area contributed by atoms with Gasteiger partial charge in [-0.25, -0.2) is 13.2 Å². The molecule has 2 aliphatic heterocycles. The summed E-state index contributed by atoms with van der Waals surface area (Å²) in [5.41, 5.74) is 6.78. The Morgan fingerprint density at radius 1 is 1.12 bits per heavy atom. The number of nitrogens with two attached hydrogens (primary N) is 1. The molecule has 0 aliphatic carbocycles. The highest BCUT2D eigenvalue weighted by atomic mass is 32.2. The molecule has 0 bridgehead atoms. The number of amides is 2. The summed E-state index contributed by atoms with van der Waals surface area (Å²) in [4.78, 5) is 20.8. The number of carbonyl (C=O) groups is 1. The Morgan fingerprint density at radius 2 is 1.82 bits per heavy atom. The lowest BCUT2D eigenvalue weighted by Crippen LogP contribution is -2.56. The summed E-state index contributed by atoms with van der Waals surface area (Å²) in [6, 6.07) is 9.82. The van der Waals surface area contributed by atoms with E-state index < -0.39 is 10.0 Å². The van der Waals surface area contributed by atoms with Crippen LogP contribution in [0.2, 0.25) is 0 Å². The molecule has 10 nitrogen and oxygen atoms in total. The van der Waals surface area contributed by atoms with Crippen LogP contribution in [0.25, 0.3) is 0 Å². The van der Waals surface area contributed by atoms with Crippen LogP contribution in [0.4, 0.5) is 10.5 Å². The molecule has 2 aromatic rings. The summed E-state index contributed by atoms with van der Waals surface area (Å²) in [5.74, 6) is -0.0168. The van der Waals surface area contributed by atoms with Crippen molar-refractivity contribution in [1.82, 2.24) is 14.2 Å².